The Hall–Kier alpha value is -1.88. The number of benzene rings is 1. The van der Waals surface area contributed by atoms with E-state index in [4.69, 9.17) is 9.52 Å². The van der Waals surface area contributed by atoms with E-state index in [-0.39, 0.29) is 5.92 Å². The molecule has 5 nitrogen and oxygen atoms in total. The lowest BCUT2D eigenvalue weighted by Gasteiger charge is -2.10. The topological polar surface area (TPSA) is 75.4 Å². The van der Waals surface area contributed by atoms with Crippen LogP contribution in [0.4, 0.5) is 0 Å². The molecule has 1 aromatic heterocycles. The van der Waals surface area contributed by atoms with Gasteiger partial charge in [0.25, 0.3) is 0 Å². The van der Waals surface area contributed by atoms with Crippen molar-refractivity contribution >= 4 is 17.1 Å². The number of rotatable bonds is 6. The number of nitrogens with zero attached hydrogens (tertiary/aromatic N) is 1. The molecule has 0 saturated heterocycles. The summed E-state index contributed by atoms with van der Waals surface area (Å²) in [6.45, 7) is 4.80. The molecule has 0 saturated carbocycles. The standard InChI is InChI=1S/C14H18N2O3/c1-3-11(14(17)18)8-15-7-10-4-5-13-12(6-10)16-9(2)19-13/h4-6,11,15H,3,7-8H2,1-2H3,(H,17,18). The van der Waals surface area contributed by atoms with Crippen LogP contribution in [-0.2, 0) is 11.3 Å². The monoisotopic (exact) mass is 262 g/mol. The van der Waals surface area contributed by atoms with Gasteiger partial charge in [0, 0.05) is 20.0 Å². The van der Waals surface area contributed by atoms with Crippen molar-refractivity contribution in [3.05, 3.63) is 29.7 Å². The van der Waals surface area contributed by atoms with Crippen molar-refractivity contribution in [3.63, 3.8) is 0 Å². The van der Waals surface area contributed by atoms with Crippen molar-refractivity contribution in [1.29, 1.82) is 0 Å². The van der Waals surface area contributed by atoms with Gasteiger partial charge in [0.1, 0.15) is 5.52 Å². The number of aromatic nitrogens is 1. The molecule has 0 fully saturated rings. The van der Waals surface area contributed by atoms with E-state index in [1.807, 2.05) is 32.0 Å². The SMILES string of the molecule is CCC(CNCc1ccc2oc(C)nc2c1)C(=O)O. The minimum Gasteiger partial charge on any atom is -0.481 e. The van der Waals surface area contributed by atoms with Crippen molar-refractivity contribution < 1.29 is 14.3 Å². The highest BCUT2D eigenvalue weighted by Crippen LogP contribution is 2.16. The molecule has 5 heteroatoms. The highest BCUT2D eigenvalue weighted by Gasteiger charge is 2.13. The number of carbonyl (C=O) groups is 1. The van der Waals surface area contributed by atoms with Gasteiger partial charge in [-0.1, -0.05) is 13.0 Å². The Morgan fingerprint density at radius 1 is 1.53 bits per heavy atom. The van der Waals surface area contributed by atoms with Crippen molar-refractivity contribution in [2.45, 2.75) is 26.8 Å². The third-order valence-electron chi connectivity index (χ3n) is 3.12. The first-order chi connectivity index (χ1) is 9.10. The summed E-state index contributed by atoms with van der Waals surface area (Å²) < 4.78 is 5.41. The first-order valence-electron chi connectivity index (χ1n) is 6.39. The Kier molecular flexibility index (Phi) is 4.16. The van der Waals surface area contributed by atoms with E-state index in [2.05, 4.69) is 10.3 Å². The van der Waals surface area contributed by atoms with Crippen LogP contribution in [0, 0.1) is 12.8 Å². The van der Waals surface area contributed by atoms with Gasteiger partial charge in [0.2, 0.25) is 0 Å². The van der Waals surface area contributed by atoms with Crippen LogP contribution in [0.25, 0.3) is 11.1 Å². The minimum absolute atomic E-state index is 0.335. The zero-order chi connectivity index (χ0) is 13.8. The molecule has 2 N–H and O–H groups in total. The summed E-state index contributed by atoms with van der Waals surface area (Å²) in [4.78, 5) is 15.2. The normalized spacial score (nSPS) is 12.7. The first-order valence-corrected chi connectivity index (χ1v) is 6.39. The van der Waals surface area contributed by atoms with Gasteiger partial charge >= 0.3 is 5.97 Å². The van der Waals surface area contributed by atoms with E-state index in [1.54, 1.807) is 0 Å². The summed E-state index contributed by atoms with van der Waals surface area (Å²) in [6, 6.07) is 5.81. The predicted octanol–water partition coefficient (Wildman–Crippen LogP) is 2.34. The molecule has 0 bridgehead atoms. The Labute approximate surface area is 111 Å². The second-order valence-electron chi connectivity index (χ2n) is 4.61. The molecule has 102 valence electrons. The third-order valence-corrected chi connectivity index (χ3v) is 3.12. The quantitative estimate of drug-likeness (QED) is 0.835. The summed E-state index contributed by atoms with van der Waals surface area (Å²) in [7, 11) is 0. The lowest BCUT2D eigenvalue weighted by Crippen LogP contribution is -2.27. The zero-order valence-electron chi connectivity index (χ0n) is 11.1. The van der Waals surface area contributed by atoms with E-state index in [9.17, 15) is 4.79 Å². The van der Waals surface area contributed by atoms with Gasteiger partial charge in [-0.2, -0.15) is 0 Å². The first kappa shape index (κ1) is 13.5. The van der Waals surface area contributed by atoms with Crippen LogP contribution in [0.3, 0.4) is 0 Å². The van der Waals surface area contributed by atoms with Gasteiger partial charge in [0.05, 0.1) is 5.92 Å². The number of carboxylic acid groups (broad SMARTS) is 1. The molecule has 19 heavy (non-hydrogen) atoms. The van der Waals surface area contributed by atoms with Gasteiger partial charge in [-0.25, -0.2) is 4.98 Å². The molecule has 0 aliphatic carbocycles. The van der Waals surface area contributed by atoms with Crippen molar-refractivity contribution in [3.8, 4) is 0 Å². The lowest BCUT2D eigenvalue weighted by molar-refractivity contribution is -0.141. The molecule has 2 rings (SSSR count). The fourth-order valence-electron chi connectivity index (χ4n) is 2.00. The summed E-state index contributed by atoms with van der Waals surface area (Å²) in [5.41, 5.74) is 2.68. The number of oxazole rings is 1. The third kappa shape index (κ3) is 3.32. The van der Waals surface area contributed by atoms with E-state index < -0.39 is 5.97 Å². The number of hydrogen-bond acceptors (Lipinski definition) is 4. The molecular formula is C14H18N2O3. The Bertz CT molecular complexity index is 577. The van der Waals surface area contributed by atoms with E-state index in [0.29, 0.717) is 25.4 Å². The number of aryl methyl sites for hydroxylation is 1. The van der Waals surface area contributed by atoms with Crippen LogP contribution in [0.1, 0.15) is 24.8 Å². The molecule has 0 amide bonds. The summed E-state index contributed by atoms with van der Waals surface area (Å²) in [5, 5.41) is 12.1. The minimum atomic E-state index is -0.752. The van der Waals surface area contributed by atoms with Crippen LogP contribution >= 0.6 is 0 Å². The van der Waals surface area contributed by atoms with E-state index in [1.165, 1.54) is 0 Å². The van der Waals surface area contributed by atoms with Crippen molar-refractivity contribution in [2.24, 2.45) is 5.92 Å². The van der Waals surface area contributed by atoms with Gasteiger partial charge in [0.15, 0.2) is 11.5 Å². The average molecular weight is 262 g/mol. The fraction of sp³-hybridized carbons (Fsp3) is 0.429. The van der Waals surface area contributed by atoms with Crippen LogP contribution in [0.5, 0.6) is 0 Å². The molecule has 0 aliphatic rings. The second-order valence-corrected chi connectivity index (χ2v) is 4.61. The summed E-state index contributed by atoms with van der Waals surface area (Å²) >= 11 is 0. The highest BCUT2D eigenvalue weighted by molar-refractivity contribution is 5.73. The number of fused-ring (bicyclic) bond motifs is 1. The number of hydrogen-bond donors (Lipinski definition) is 2. The molecule has 1 heterocycles. The zero-order valence-corrected chi connectivity index (χ0v) is 11.1. The lowest BCUT2D eigenvalue weighted by atomic mass is 10.1. The Morgan fingerprint density at radius 2 is 2.32 bits per heavy atom. The summed E-state index contributed by atoms with van der Waals surface area (Å²) in [5.74, 6) is -0.437. The van der Waals surface area contributed by atoms with E-state index in [0.717, 1.165) is 16.7 Å². The predicted molar refractivity (Wildman–Crippen MR) is 71.9 cm³/mol. The smallest absolute Gasteiger partial charge is 0.307 e. The van der Waals surface area contributed by atoms with Gasteiger partial charge < -0.3 is 14.8 Å². The summed E-state index contributed by atoms with van der Waals surface area (Å²) in [6.07, 6.45) is 0.629. The molecule has 1 aromatic carbocycles. The number of aliphatic carboxylic acids is 1. The number of nitrogens with one attached hydrogen (secondary N) is 1. The van der Waals surface area contributed by atoms with Crippen molar-refractivity contribution in [1.82, 2.24) is 10.3 Å². The largest absolute Gasteiger partial charge is 0.481 e. The Morgan fingerprint density at radius 3 is 3.00 bits per heavy atom. The molecule has 1 unspecified atom stereocenters. The van der Waals surface area contributed by atoms with Crippen molar-refractivity contribution in [2.75, 3.05) is 6.54 Å². The second kappa shape index (κ2) is 5.84. The maximum absolute atomic E-state index is 10.9. The molecular weight excluding hydrogens is 244 g/mol. The van der Waals surface area contributed by atoms with Crippen LogP contribution in [-0.4, -0.2) is 22.6 Å². The van der Waals surface area contributed by atoms with Crippen LogP contribution < -0.4 is 5.32 Å². The number of carboxylic acids is 1. The van der Waals surface area contributed by atoms with Crippen LogP contribution in [0.15, 0.2) is 22.6 Å². The molecule has 1 atom stereocenters. The fourth-order valence-corrected chi connectivity index (χ4v) is 2.00. The van der Waals surface area contributed by atoms with E-state index >= 15 is 0 Å². The maximum atomic E-state index is 10.9. The average Bonchev–Trinajstić information content (AvgIpc) is 2.73. The van der Waals surface area contributed by atoms with Gasteiger partial charge in [-0.3, -0.25) is 4.79 Å². The molecule has 2 aromatic rings. The molecule has 0 radical (unpaired) electrons. The van der Waals surface area contributed by atoms with Gasteiger partial charge in [-0.15, -0.1) is 0 Å². The molecule has 0 aliphatic heterocycles. The Balaban J connectivity index is 1.96. The molecule has 0 spiro atoms. The highest BCUT2D eigenvalue weighted by atomic mass is 16.4. The maximum Gasteiger partial charge on any atom is 0.307 e. The van der Waals surface area contributed by atoms with Crippen LogP contribution in [0.2, 0.25) is 0 Å². The van der Waals surface area contributed by atoms with Gasteiger partial charge in [-0.05, 0) is 24.1 Å².